The summed E-state index contributed by atoms with van der Waals surface area (Å²) in [6.45, 7) is 3.39. The molecule has 4 rings (SSSR count). The second kappa shape index (κ2) is 9.14. The van der Waals surface area contributed by atoms with Gasteiger partial charge in [-0.3, -0.25) is 14.4 Å². The molecule has 0 radical (unpaired) electrons. The Morgan fingerprint density at radius 1 is 1.09 bits per heavy atom. The van der Waals surface area contributed by atoms with Crippen LogP contribution >= 0.6 is 22.9 Å². The van der Waals surface area contributed by atoms with Crippen molar-refractivity contribution in [3.05, 3.63) is 75.4 Å². The largest absolute Gasteiger partial charge is 0.326 e. The van der Waals surface area contributed by atoms with Crippen LogP contribution in [0.3, 0.4) is 0 Å². The van der Waals surface area contributed by atoms with Crippen molar-refractivity contribution < 1.29 is 14.4 Å². The Balaban J connectivity index is 1.61. The number of hydrogen-bond donors (Lipinski definition) is 2. The summed E-state index contributed by atoms with van der Waals surface area (Å²) in [5.41, 5.74) is 2.84. The summed E-state index contributed by atoms with van der Waals surface area (Å²) >= 11 is 7.77. The maximum atomic E-state index is 13.3. The normalized spacial score (nSPS) is 18.0. The van der Waals surface area contributed by atoms with Crippen LogP contribution in [0.25, 0.3) is 0 Å². The lowest BCUT2D eigenvalue weighted by molar-refractivity contribution is -0.122. The number of hydrogen-bond acceptors (Lipinski definition) is 4. The predicted molar refractivity (Wildman–Crippen MR) is 128 cm³/mol. The van der Waals surface area contributed by atoms with E-state index in [-0.39, 0.29) is 30.2 Å². The molecule has 1 fully saturated rings. The van der Waals surface area contributed by atoms with Crippen LogP contribution in [-0.4, -0.2) is 17.7 Å². The second-order valence-electron chi connectivity index (χ2n) is 7.74. The molecule has 164 valence electrons. The first-order valence-electron chi connectivity index (χ1n) is 10.1. The Morgan fingerprint density at radius 3 is 2.47 bits per heavy atom. The quantitative estimate of drug-likeness (QED) is 0.527. The Bertz CT molecular complexity index is 1160. The van der Waals surface area contributed by atoms with E-state index < -0.39 is 5.92 Å². The van der Waals surface area contributed by atoms with Crippen molar-refractivity contribution in [3.8, 4) is 0 Å². The van der Waals surface area contributed by atoms with Gasteiger partial charge in [0.2, 0.25) is 17.7 Å². The minimum absolute atomic E-state index is 0.0913. The zero-order valence-corrected chi connectivity index (χ0v) is 19.2. The smallest absolute Gasteiger partial charge is 0.230 e. The summed E-state index contributed by atoms with van der Waals surface area (Å²) in [5.74, 6) is -1.14. The highest BCUT2D eigenvalue weighted by molar-refractivity contribution is 7.10. The van der Waals surface area contributed by atoms with E-state index >= 15 is 0 Å². The fourth-order valence-electron chi connectivity index (χ4n) is 3.88. The first kappa shape index (κ1) is 22.0. The Labute approximate surface area is 195 Å². The molecule has 2 N–H and O–H groups in total. The van der Waals surface area contributed by atoms with E-state index in [1.54, 1.807) is 23.1 Å². The molecule has 2 unspecified atom stereocenters. The van der Waals surface area contributed by atoms with Crippen LogP contribution in [0.5, 0.6) is 0 Å². The van der Waals surface area contributed by atoms with Crippen LogP contribution in [-0.2, 0) is 14.4 Å². The lowest BCUT2D eigenvalue weighted by Gasteiger charge is -2.27. The first-order valence-corrected chi connectivity index (χ1v) is 11.4. The van der Waals surface area contributed by atoms with Crippen LogP contribution in [0.15, 0.2) is 60.0 Å². The van der Waals surface area contributed by atoms with Gasteiger partial charge in [-0.2, -0.15) is 0 Å². The van der Waals surface area contributed by atoms with E-state index in [0.717, 1.165) is 16.1 Å². The van der Waals surface area contributed by atoms with E-state index in [0.29, 0.717) is 16.4 Å². The van der Waals surface area contributed by atoms with Crippen molar-refractivity contribution in [3.63, 3.8) is 0 Å². The van der Waals surface area contributed by atoms with Gasteiger partial charge in [0.15, 0.2) is 0 Å². The molecule has 0 spiro atoms. The van der Waals surface area contributed by atoms with E-state index in [9.17, 15) is 14.4 Å². The summed E-state index contributed by atoms with van der Waals surface area (Å²) in [7, 11) is 0. The molecule has 8 heteroatoms. The average molecular weight is 468 g/mol. The SMILES string of the molecule is CC(=O)Nc1ccc(NC(=O)C2CC(=O)N(c3ccc(C)cc3)C2c2cccs2)cc1Cl. The van der Waals surface area contributed by atoms with Crippen LogP contribution in [0, 0.1) is 12.8 Å². The number of carbonyl (C=O) groups is 3. The number of carbonyl (C=O) groups excluding carboxylic acids is 3. The predicted octanol–water partition coefficient (Wildman–Crippen LogP) is 5.40. The van der Waals surface area contributed by atoms with Gasteiger partial charge in [0.25, 0.3) is 0 Å². The van der Waals surface area contributed by atoms with Gasteiger partial charge in [-0.15, -0.1) is 11.3 Å². The van der Waals surface area contributed by atoms with Gasteiger partial charge in [-0.05, 0) is 48.7 Å². The fraction of sp³-hybridized carbons (Fsp3) is 0.208. The van der Waals surface area contributed by atoms with Crippen LogP contribution in [0.4, 0.5) is 17.1 Å². The molecule has 6 nitrogen and oxygen atoms in total. The third-order valence-electron chi connectivity index (χ3n) is 5.35. The number of halogens is 1. The summed E-state index contributed by atoms with van der Waals surface area (Å²) in [6, 6.07) is 16.1. The van der Waals surface area contributed by atoms with Crippen LogP contribution < -0.4 is 15.5 Å². The average Bonchev–Trinajstić information content (AvgIpc) is 3.38. The lowest BCUT2D eigenvalue weighted by atomic mass is 9.97. The Morgan fingerprint density at radius 2 is 1.84 bits per heavy atom. The van der Waals surface area contributed by atoms with Crippen molar-refractivity contribution in [2.24, 2.45) is 5.92 Å². The molecule has 1 aromatic heterocycles. The molecule has 1 aliphatic heterocycles. The Kier molecular flexibility index (Phi) is 6.30. The lowest BCUT2D eigenvalue weighted by Crippen LogP contribution is -2.32. The maximum Gasteiger partial charge on any atom is 0.230 e. The first-order chi connectivity index (χ1) is 15.3. The monoisotopic (exact) mass is 467 g/mol. The number of nitrogens with zero attached hydrogens (tertiary/aromatic N) is 1. The topological polar surface area (TPSA) is 78.5 Å². The third-order valence-corrected chi connectivity index (χ3v) is 6.61. The van der Waals surface area contributed by atoms with E-state index in [1.807, 2.05) is 48.7 Å². The van der Waals surface area contributed by atoms with Gasteiger partial charge in [-0.1, -0.05) is 35.4 Å². The highest BCUT2D eigenvalue weighted by Crippen LogP contribution is 2.43. The molecule has 0 bridgehead atoms. The van der Waals surface area contributed by atoms with Gasteiger partial charge >= 0.3 is 0 Å². The molecular formula is C24H22ClN3O3S. The molecule has 0 saturated carbocycles. The number of rotatable bonds is 5. The highest BCUT2D eigenvalue weighted by Gasteiger charge is 2.45. The molecule has 2 atom stereocenters. The van der Waals surface area contributed by atoms with Crippen molar-refractivity contribution >= 4 is 57.7 Å². The van der Waals surface area contributed by atoms with E-state index in [1.165, 1.54) is 18.3 Å². The maximum absolute atomic E-state index is 13.3. The number of benzene rings is 2. The molecule has 32 heavy (non-hydrogen) atoms. The molecular weight excluding hydrogens is 446 g/mol. The van der Waals surface area contributed by atoms with Crippen LogP contribution in [0.2, 0.25) is 5.02 Å². The van der Waals surface area contributed by atoms with Gasteiger partial charge in [-0.25, -0.2) is 0 Å². The number of aryl methyl sites for hydroxylation is 1. The summed E-state index contributed by atoms with van der Waals surface area (Å²) in [4.78, 5) is 40.2. The van der Waals surface area contributed by atoms with Gasteiger partial charge in [0, 0.05) is 29.6 Å². The molecule has 1 aliphatic rings. The molecule has 3 aromatic rings. The zero-order chi connectivity index (χ0) is 22.8. The molecule has 3 amide bonds. The van der Waals surface area contributed by atoms with Crippen molar-refractivity contribution in [1.29, 1.82) is 0 Å². The number of anilines is 3. The molecule has 2 heterocycles. The van der Waals surface area contributed by atoms with Gasteiger partial charge in [0.1, 0.15) is 0 Å². The third kappa shape index (κ3) is 4.54. The molecule has 1 saturated heterocycles. The zero-order valence-electron chi connectivity index (χ0n) is 17.6. The molecule has 0 aliphatic carbocycles. The number of nitrogens with one attached hydrogen (secondary N) is 2. The van der Waals surface area contributed by atoms with Crippen molar-refractivity contribution in [1.82, 2.24) is 0 Å². The fourth-order valence-corrected chi connectivity index (χ4v) is 4.99. The highest BCUT2D eigenvalue weighted by atomic mass is 35.5. The van der Waals surface area contributed by atoms with E-state index in [4.69, 9.17) is 11.6 Å². The number of thiophene rings is 1. The van der Waals surface area contributed by atoms with Crippen molar-refractivity contribution in [2.45, 2.75) is 26.3 Å². The standard InChI is InChI=1S/C24H22ClN3O3S/c1-14-5-8-17(9-6-14)28-22(30)13-18(23(28)21-4-3-11-32-21)24(31)27-16-7-10-20(19(25)12-16)26-15(2)29/h3-12,18,23H,13H2,1-2H3,(H,26,29)(H,27,31). The Hall–Kier alpha value is -3.16. The molecule has 2 aromatic carbocycles. The summed E-state index contributed by atoms with van der Waals surface area (Å²) < 4.78 is 0. The summed E-state index contributed by atoms with van der Waals surface area (Å²) in [5, 5.41) is 7.78. The van der Waals surface area contributed by atoms with E-state index in [2.05, 4.69) is 10.6 Å². The number of amides is 3. The second-order valence-corrected chi connectivity index (χ2v) is 9.12. The van der Waals surface area contributed by atoms with Gasteiger partial charge in [0.05, 0.1) is 22.7 Å². The minimum Gasteiger partial charge on any atom is -0.326 e. The van der Waals surface area contributed by atoms with Gasteiger partial charge < -0.3 is 15.5 Å². The summed E-state index contributed by atoms with van der Waals surface area (Å²) in [6.07, 6.45) is 0.111. The van der Waals surface area contributed by atoms with Crippen molar-refractivity contribution in [2.75, 3.05) is 15.5 Å². The van der Waals surface area contributed by atoms with Crippen LogP contribution in [0.1, 0.15) is 29.8 Å². The minimum atomic E-state index is -0.559.